The van der Waals surface area contributed by atoms with Crippen molar-refractivity contribution in [2.75, 3.05) is 12.9 Å². The third-order valence-electron chi connectivity index (χ3n) is 3.44. The molecule has 0 spiro atoms. The zero-order valence-corrected chi connectivity index (χ0v) is 14.9. The van der Waals surface area contributed by atoms with Gasteiger partial charge in [0.05, 0.1) is 23.4 Å². The molecule has 5 nitrogen and oxygen atoms in total. The van der Waals surface area contributed by atoms with E-state index in [1.165, 1.54) is 0 Å². The van der Waals surface area contributed by atoms with Gasteiger partial charge in [0.15, 0.2) is 11.0 Å². The van der Waals surface area contributed by atoms with Crippen molar-refractivity contribution in [3.05, 3.63) is 40.3 Å². The quantitative estimate of drug-likeness (QED) is 0.639. The number of hydrogen-bond donors (Lipinski definition) is 0. The molecule has 3 rings (SSSR count). The highest BCUT2D eigenvalue weighted by Gasteiger charge is 2.14. The minimum Gasteiger partial charge on any atom is -0.496 e. The number of nitrogens with zero attached hydrogens (tertiary/aromatic N) is 4. The molecule has 0 aliphatic heterocycles. The molecule has 0 unspecified atom stereocenters. The highest BCUT2D eigenvalue weighted by Crippen LogP contribution is 2.30. The second kappa shape index (κ2) is 7.14. The highest BCUT2D eigenvalue weighted by atomic mass is 32.2. The van der Waals surface area contributed by atoms with Gasteiger partial charge in [-0.2, -0.15) is 0 Å². The maximum absolute atomic E-state index is 5.41. The van der Waals surface area contributed by atoms with E-state index in [0.29, 0.717) is 0 Å². The van der Waals surface area contributed by atoms with E-state index >= 15 is 0 Å². The largest absolute Gasteiger partial charge is 0.496 e. The first-order chi connectivity index (χ1) is 11.2. The van der Waals surface area contributed by atoms with Crippen LogP contribution in [-0.4, -0.2) is 32.6 Å². The van der Waals surface area contributed by atoms with Gasteiger partial charge < -0.3 is 9.30 Å². The molecule has 0 fully saturated rings. The molecule has 120 valence electrons. The topological polar surface area (TPSA) is 52.8 Å². The molecule has 2 heterocycles. The number of aryl methyl sites for hydroxylation is 2. The molecule has 1 aromatic carbocycles. The van der Waals surface area contributed by atoms with E-state index < -0.39 is 0 Å². The summed E-state index contributed by atoms with van der Waals surface area (Å²) in [6, 6.07) is 7.85. The average Bonchev–Trinajstić information content (AvgIpc) is 3.14. The first kappa shape index (κ1) is 16.0. The van der Waals surface area contributed by atoms with Crippen LogP contribution in [0.3, 0.4) is 0 Å². The van der Waals surface area contributed by atoms with E-state index in [2.05, 4.69) is 20.6 Å². The second-order valence-corrected chi connectivity index (χ2v) is 7.15. The number of ether oxygens (including phenoxy) is 1. The highest BCUT2D eigenvalue weighted by molar-refractivity contribution is 7.99. The molecule has 2 aromatic heterocycles. The maximum Gasteiger partial charge on any atom is 0.191 e. The van der Waals surface area contributed by atoms with Gasteiger partial charge in [0.25, 0.3) is 0 Å². The number of methoxy groups -OCH3 is 1. The SMILES string of the molecule is COc1ccccc1-c1nnc(SCCc2csc(C)n2)n1C. The van der Waals surface area contributed by atoms with E-state index in [9.17, 15) is 0 Å². The van der Waals surface area contributed by atoms with Crippen LogP contribution in [-0.2, 0) is 13.5 Å². The van der Waals surface area contributed by atoms with Crippen molar-refractivity contribution in [3.8, 4) is 17.1 Å². The predicted octanol–water partition coefficient (Wildman–Crippen LogP) is 3.59. The van der Waals surface area contributed by atoms with Crippen molar-refractivity contribution < 1.29 is 4.74 Å². The zero-order valence-electron chi connectivity index (χ0n) is 13.3. The predicted molar refractivity (Wildman–Crippen MR) is 94.3 cm³/mol. The zero-order chi connectivity index (χ0) is 16.2. The van der Waals surface area contributed by atoms with Crippen molar-refractivity contribution in [2.24, 2.45) is 7.05 Å². The Kier molecular flexibility index (Phi) is 4.97. The Bertz CT molecular complexity index is 797. The van der Waals surface area contributed by atoms with Gasteiger partial charge in [-0.25, -0.2) is 4.98 Å². The van der Waals surface area contributed by atoms with Crippen LogP contribution in [0.2, 0.25) is 0 Å². The van der Waals surface area contributed by atoms with Crippen molar-refractivity contribution in [2.45, 2.75) is 18.5 Å². The third-order valence-corrected chi connectivity index (χ3v) is 5.28. The van der Waals surface area contributed by atoms with E-state index in [-0.39, 0.29) is 0 Å². The third kappa shape index (κ3) is 3.56. The van der Waals surface area contributed by atoms with E-state index in [4.69, 9.17) is 4.74 Å². The van der Waals surface area contributed by atoms with Crippen LogP contribution in [0.25, 0.3) is 11.4 Å². The summed E-state index contributed by atoms with van der Waals surface area (Å²) < 4.78 is 7.42. The lowest BCUT2D eigenvalue weighted by Gasteiger charge is -2.08. The van der Waals surface area contributed by atoms with Crippen molar-refractivity contribution in [1.82, 2.24) is 19.7 Å². The Hall–Kier alpha value is -1.86. The summed E-state index contributed by atoms with van der Waals surface area (Å²) in [5, 5.41) is 12.8. The van der Waals surface area contributed by atoms with Crippen molar-refractivity contribution in [1.29, 1.82) is 0 Å². The number of hydrogen-bond acceptors (Lipinski definition) is 6. The van der Waals surface area contributed by atoms with E-state index in [0.717, 1.165) is 45.2 Å². The summed E-state index contributed by atoms with van der Waals surface area (Å²) in [5.41, 5.74) is 2.10. The van der Waals surface area contributed by atoms with E-state index in [1.807, 2.05) is 42.8 Å². The molecule has 0 atom stereocenters. The minimum atomic E-state index is 0.803. The molecule has 3 aromatic rings. The molecule has 23 heavy (non-hydrogen) atoms. The summed E-state index contributed by atoms with van der Waals surface area (Å²) in [5.74, 6) is 2.55. The Balaban J connectivity index is 1.72. The monoisotopic (exact) mass is 346 g/mol. The van der Waals surface area contributed by atoms with E-state index in [1.54, 1.807) is 30.2 Å². The second-order valence-electron chi connectivity index (χ2n) is 5.02. The van der Waals surface area contributed by atoms with Crippen LogP contribution in [0.4, 0.5) is 0 Å². The van der Waals surface area contributed by atoms with Gasteiger partial charge in [0, 0.05) is 24.6 Å². The molecule has 0 bridgehead atoms. The van der Waals surface area contributed by atoms with Gasteiger partial charge in [-0.3, -0.25) is 0 Å². The Morgan fingerprint density at radius 2 is 2.09 bits per heavy atom. The number of thioether (sulfide) groups is 1. The van der Waals surface area contributed by atoms with Gasteiger partial charge in [0.1, 0.15) is 5.75 Å². The summed E-state index contributed by atoms with van der Waals surface area (Å²) in [7, 11) is 3.65. The number of rotatable bonds is 6. The Morgan fingerprint density at radius 3 is 2.83 bits per heavy atom. The van der Waals surface area contributed by atoms with Gasteiger partial charge in [-0.1, -0.05) is 23.9 Å². The minimum absolute atomic E-state index is 0.803. The number of thiazole rings is 1. The summed E-state index contributed by atoms with van der Waals surface area (Å²) in [4.78, 5) is 4.49. The molecule has 0 amide bonds. The number of aromatic nitrogens is 4. The van der Waals surface area contributed by atoms with Crippen LogP contribution in [0.5, 0.6) is 5.75 Å². The number of para-hydroxylation sites is 1. The first-order valence-corrected chi connectivity index (χ1v) is 9.12. The molecule has 0 N–H and O–H groups in total. The van der Waals surface area contributed by atoms with Gasteiger partial charge in [0.2, 0.25) is 0 Å². The fraction of sp³-hybridized carbons (Fsp3) is 0.312. The normalized spacial score (nSPS) is 10.9. The fourth-order valence-corrected chi connectivity index (χ4v) is 3.79. The lowest BCUT2D eigenvalue weighted by atomic mass is 10.2. The molecule has 0 aliphatic rings. The van der Waals surface area contributed by atoms with Gasteiger partial charge >= 0.3 is 0 Å². The summed E-state index contributed by atoms with van der Waals surface area (Å²) >= 11 is 3.39. The Morgan fingerprint density at radius 1 is 1.26 bits per heavy atom. The van der Waals surface area contributed by atoms with Crippen LogP contribution >= 0.6 is 23.1 Å². The molecular formula is C16H18N4OS2. The Labute approximate surface area is 143 Å². The van der Waals surface area contributed by atoms with Crippen molar-refractivity contribution in [3.63, 3.8) is 0 Å². The molecule has 7 heteroatoms. The van der Waals surface area contributed by atoms with Crippen LogP contribution in [0, 0.1) is 6.92 Å². The van der Waals surface area contributed by atoms with Crippen molar-refractivity contribution >= 4 is 23.1 Å². The fourth-order valence-electron chi connectivity index (χ4n) is 2.27. The number of benzene rings is 1. The van der Waals surface area contributed by atoms with Crippen LogP contribution in [0.15, 0.2) is 34.8 Å². The maximum atomic E-state index is 5.41. The lowest BCUT2D eigenvalue weighted by molar-refractivity contribution is 0.416. The summed E-state index contributed by atoms with van der Waals surface area (Å²) in [6.07, 6.45) is 0.936. The molecule has 0 radical (unpaired) electrons. The molecule has 0 saturated heterocycles. The van der Waals surface area contributed by atoms with Crippen LogP contribution in [0.1, 0.15) is 10.7 Å². The first-order valence-electron chi connectivity index (χ1n) is 7.25. The smallest absolute Gasteiger partial charge is 0.191 e. The molecular weight excluding hydrogens is 328 g/mol. The average molecular weight is 346 g/mol. The molecule has 0 saturated carbocycles. The lowest BCUT2D eigenvalue weighted by Crippen LogP contribution is -1.98. The van der Waals surface area contributed by atoms with Crippen LogP contribution < -0.4 is 4.74 Å². The molecule has 0 aliphatic carbocycles. The van der Waals surface area contributed by atoms with Gasteiger partial charge in [-0.05, 0) is 19.1 Å². The van der Waals surface area contributed by atoms with Gasteiger partial charge in [-0.15, -0.1) is 21.5 Å². The summed E-state index contributed by atoms with van der Waals surface area (Å²) in [6.45, 7) is 2.03. The standard InChI is InChI=1S/C16H18N4OS2/c1-11-17-12(10-23-11)8-9-22-16-19-18-15(20(16)2)13-6-4-5-7-14(13)21-3/h4-7,10H,8-9H2,1-3H3.